The largest absolute Gasteiger partial charge is 0.508 e. The van der Waals surface area contributed by atoms with E-state index in [1.165, 1.54) is 31.2 Å². The van der Waals surface area contributed by atoms with Crippen molar-refractivity contribution >= 4 is 0 Å². The van der Waals surface area contributed by atoms with Crippen LogP contribution in [-0.4, -0.2) is 34.7 Å². The first kappa shape index (κ1) is 13.6. The van der Waals surface area contributed by atoms with Gasteiger partial charge >= 0.3 is 0 Å². The van der Waals surface area contributed by atoms with Crippen LogP contribution >= 0.6 is 0 Å². The molecule has 2 N–H and O–H groups in total. The highest BCUT2D eigenvalue weighted by Crippen LogP contribution is 2.46. The van der Waals surface area contributed by atoms with E-state index in [4.69, 9.17) is 0 Å². The predicted molar refractivity (Wildman–Crippen MR) is 84.2 cm³/mol. The lowest BCUT2D eigenvalue weighted by Crippen LogP contribution is -2.64. The van der Waals surface area contributed by atoms with Gasteiger partial charge in [-0.1, -0.05) is 12.1 Å². The fourth-order valence-electron chi connectivity index (χ4n) is 4.00. The Hall–Kier alpha value is -1.06. The van der Waals surface area contributed by atoms with Crippen molar-refractivity contribution < 1.29 is 5.11 Å². The summed E-state index contributed by atoms with van der Waals surface area (Å²) in [5.41, 5.74) is 1.52. The van der Waals surface area contributed by atoms with Gasteiger partial charge in [0.15, 0.2) is 0 Å². The molecule has 2 unspecified atom stereocenters. The molecule has 1 aromatic rings. The normalized spacial score (nSPS) is 34.0. The number of nitrogens with zero attached hydrogens (tertiary/aromatic N) is 1. The van der Waals surface area contributed by atoms with Gasteiger partial charge in [0, 0.05) is 31.2 Å². The van der Waals surface area contributed by atoms with E-state index in [2.05, 4.69) is 23.2 Å². The quantitative estimate of drug-likeness (QED) is 0.893. The number of hydrogen-bond donors (Lipinski definition) is 2. The van der Waals surface area contributed by atoms with Crippen LogP contribution in [0, 0.1) is 11.8 Å². The van der Waals surface area contributed by atoms with Gasteiger partial charge in [-0.3, -0.25) is 4.90 Å². The molecule has 1 aromatic carbocycles. The molecule has 3 fully saturated rings. The summed E-state index contributed by atoms with van der Waals surface area (Å²) in [6.45, 7) is 5.68. The standard InChI is InChI=1S/C18H26N2O/c1-18(15-7-8-15)12-19-17(14-5-6-14)11-20(18)10-13-3-2-4-16(21)9-13/h2-4,9,14-15,17,19,21H,5-8,10-12H2,1H3. The number of phenols is 1. The Morgan fingerprint density at radius 2 is 2.10 bits per heavy atom. The van der Waals surface area contributed by atoms with Crippen molar-refractivity contribution in [1.29, 1.82) is 0 Å². The molecule has 0 spiro atoms. The van der Waals surface area contributed by atoms with Crippen molar-refractivity contribution in [2.24, 2.45) is 11.8 Å². The van der Waals surface area contributed by atoms with Crippen molar-refractivity contribution in [3.05, 3.63) is 29.8 Å². The Morgan fingerprint density at radius 1 is 1.29 bits per heavy atom. The number of aromatic hydroxyl groups is 1. The van der Waals surface area contributed by atoms with Crippen molar-refractivity contribution in [2.75, 3.05) is 13.1 Å². The fourth-order valence-corrected chi connectivity index (χ4v) is 4.00. The van der Waals surface area contributed by atoms with Gasteiger partial charge in [-0.15, -0.1) is 0 Å². The molecule has 3 aliphatic rings. The van der Waals surface area contributed by atoms with Gasteiger partial charge < -0.3 is 10.4 Å². The van der Waals surface area contributed by atoms with E-state index >= 15 is 0 Å². The highest BCUT2D eigenvalue weighted by molar-refractivity contribution is 5.27. The zero-order valence-electron chi connectivity index (χ0n) is 12.9. The van der Waals surface area contributed by atoms with Crippen LogP contribution in [0.2, 0.25) is 0 Å². The lowest BCUT2D eigenvalue weighted by molar-refractivity contribution is 0.0234. The maximum atomic E-state index is 9.71. The first-order valence-electron chi connectivity index (χ1n) is 8.41. The Balaban J connectivity index is 1.54. The number of benzene rings is 1. The lowest BCUT2D eigenvalue weighted by Gasteiger charge is -2.49. The molecule has 2 atom stereocenters. The Morgan fingerprint density at radius 3 is 2.76 bits per heavy atom. The molecule has 1 aliphatic heterocycles. The third-order valence-electron chi connectivity index (χ3n) is 5.79. The van der Waals surface area contributed by atoms with Crippen LogP contribution in [0.4, 0.5) is 0 Å². The molecule has 21 heavy (non-hydrogen) atoms. The summed E-state index contributed by atoms with van der Waals surface area (Å²) in [7, 11) is 0. The number of hydrogen-bond acceptors (Lipinski definition) is 3. The summed E-state index contributed by atoms with van der Waals surface area (Å²) in [6.07, 6.45) is 5.56. The second-order valence-corrected chi connectivity index (χ2v) is 7.51. The van der Waals surface area contributed by atoms with Crippen LogP contribution in [-0.2, 0) is 6.54 Å². The Bertz CT molecular complexity index is 524. The third kappa shape index (κ3) is 2.69. The molecule has 3 heteroatoms. The van der Waals surface area contributed by atoms with Crippen LogP contribution in [0.3, 0.4) is 0 Å². The van der Waals surface area contributed by atoms with E-state index in [0.717, 1.165) is 31.5 Å². The molecule has 3 nitrogen and oxygen atoms in total. The van der Waals surface area contributed by atoms with Gasteiger partial charge in [-0.05, 0) is 62.1 Å². The number of nitrogens with one attached hydrogen (secondary N) is 1. The Labute approximate surface area is 127 Å². The minimum atomic E-state index is 0.289. The second-order valence-electron chi connectivity index (χ2n) is 7.51. The van der Waals surface area contributed by atoms with E-state index in [0.29, 0.717) is 11.8 Å². The number of piperazine rings is 1. The molecule has 0 radical (unpaired) electrons. The summed E-state index contributed by atoms with van der Waals surface area (Å²) in [6, 6.07) is 8.45. The van der Waals surface area contributed by atoms with Crippen molar-refractivity contribution in [3.8, 4) is 5.75 Å². The molecule has 0 aromatic heterocycles. The molecule has 1 heterocycles. The van der Waals surface area contributed by atoms with Crippen LogP contribution in [0.15, 0.2) is 24.3 Å². The SMILES string of the molecule is CC1(C2CC2)CNC(C2CC2)CN1Cc1cccc(O)c1. The second kappa shape index (κ2) is 4.99. The number of phenolic OH excluding ortho intramolecular Hbond substituents is 1. The zero-order chi connectivity index (χ0) is 14.4. The number of rotatable bonds is 4. The summed E-state index contributed by atoms with van der Waals surface area (Å²) in [4.78, 5) is 2.69. The van der Waals surface area contributed by atoms with Crippen LogP contribution in [0.25, 0.3) is 0 Å². The van der Waals surface area contributed by atoms with Gasteiger partial charge in [0.1, 0.15) is 5.75 Å². The molecule has 4 rings (SSSR count). The smallest absolute Gasteiger partial charge is 0.115 e. The van der Waals surface area contributed by atoms with E-state index in [9.17, 15) is 5.11 Å². The molecule has 0 bridgehead atoms. The zero-order valence-corrected chi connectivity index (χ0v) is 12.9. The highest BCUT2D eigenvalue weighted by atomic mass is 16.3. The highest BCUT2D eigenvalue weighted by Gasteiger charge is 2.49. The molecule has 2 aliphatic carbocycles. The van der Waals surface area contributed by atoms with Crippen molar-refractivity contribution in [2.45, 2.75) is 50.7 Å². The minimum Gasteiger partial charge on any atom is -0.508 e. The summed E-state index contributed by atoms with van der Waals surface area (Å²) in [5.74, 6) is 2.14. The maximum Gasteiger partial charge on any atom is 0.115 e. The van der Waals surface area contributed by atoms with Crippen LogP contribution in [0.5, 0.6) is 5.75 Å². The topological polar surface area (TPSA) is 35.5 Å². The summed E-state index contributed by atoms with van der Waals surface area (Å²) >= 11 is 0. The Kier molecular flexibility index (Phi) is 3.23. The van der Waals surface area contributed by atoms with Crippen molar-refractivity contribution in [1.82, 2.24) is 10.2 Å². The summed E-state index contributed by atoms with van der Waals surface area (Å²) < 4.78 is 0. The minimum absolute atomic E-state index is 0.289. The molecule has 114 valence electrons. The fraction of sp³-hybridized carbons (Fsp3) is 0.667. The van der Waals surface area contributed by atoms with Gasteiger partial charge in [0.2, 0.25) is 0 Å². The predicted octanol–water partition coefficient (Wildman–Crippen LogP) is 2.74. The summed E-state index contributed by atoms with van der Waals surface area (Å²) in [5, 5.41) is 13.5. The first-order valence-corrected chi connectivity index (χ1v) is 8.41. The molecular weight excluding hydrogens is 260 g/mol. The average molecular weight is 286 g/mol. The van der Waals surface area contributed by atoms with Crippen LogP contribution < -0.4 is 5.32 Å². The van der Waals surface area contributed by atoms with Crippen molar-refractivity contribution in [3.63, 3.8) is 0 Å². The average Bonchev–Trinajstić information content (AvgIpc) is 3.33. The van der Waals surface area contributed by atoms with E-state index in [1.807, 2.05) is 12.1 Å². The van der Waals surface area contributed by atoms with Gasteiger partial charge in [-0.25, -0.2) is 0 Å². The van der Waals surface area contributed by atoms with E-state index < -0.39 is 0 Å². The van der Waals surface area contributed by atoms with Gasteiger partial charge in [0.05, 0.1) is 0 Å². The van der Waals surface area contributed by atoms with E-state index in [-0.39, 0.29) is 5.54 Å². The molecule has 1 saturated heterocycles. The molecule has 0 amide bonds. The maximum absolute atomic E-state index is 9.71. The van der Waals surface area contributed by atoms with E-state index in [1.54, 1.807) is 6.07 Å². The van der Waals surface area contributed by atoms with Gasteiger partial charge in [-0.2, -0.15) is 0 Å². The van der Waals surface area contributed by atoms with Gasteiger partial charge in [0.25, 0.3) is 0 Å². The third-order valence-corrected chi connectivity index (χ3v) is 5.79. The molecular formula is C18H26N2O. The lowest BCUT2D eigenvalue weighted by atomic mass is 9.88. The van der Waals surface area contributed by atoms with Crippen LogP contribution in [0.1, 0.15) is 38.2 Å². The molecule has 2 saturated carbocycles. The monoisotopic (exact) mass is 286 g/mol. The first-order chi connectivity index (χ1) is 10.1.